The molecule has 19 heavy (non-hydrogen) atoms. The summed E-state index contributed by atoms with van der Waals surface area (Å²) in [6.45, 7) is 1.49. The summed E-state index contributed by atoms with van der Waals surface area (Å²) in [5, 5.41) is 11.9. The number of ether oxygens (including phenoxy) is 1. The molecule has 0 amide bonds. The van der Waals surface area contributed by atoms with Gasteiger partial charge in [0.05, 0.1) is 18.1 Å². The Morgan fingerprint density at radius 2 is 1.95 bits per heavy atom. The minimum absolute atomic E-state index is 0.190. The lowest BCUT2D eigenvalue weighted by molar-refractivity contribution is -0.144. The van der Waals surface area contributed by atoms with Crippen LogP contribution >= 0.6 is 0 Å². The molecule has 0 unspecified atom stereocenters. The first kappa shape index (κ1) is 15.5. The fraction of sp³-hybridized carbons (Fsp3) is 0.417. The molecule has 1 aromatic carbocycles. The van der Waals surface area contributed by atoms with Crippen molar-refractivity contribution in [2.75, 3.05) is 24.8 Å². The van der Waals surface area contributed by atoms with E-state index < -0.39 is 28.5 Å². The van der Waals surface area contributed by atoms with Gasteiger partial charge in [-0.3, -0.25) is 0 Å². The first-order valence-electron chi connectivity index (χ1n) is 5.72. The second-order valence-corrected chi connectivity index (χ2v) is 5.94. The molecule has 1 rings (SSSR count). The van der Waals surface area contributed by atoms with Crippen LogP contribution in [0.3, 0.4) is 0 Å². The lowest BCUT2D eigenvalue weighted by Crippen LogP contribution is -2.34. The molecule has 7 heteroatoms. The molecule has 0 aliphatic heterocycles. The lowest BCUT2D eigenvalue weighted by atomic mass is 10.2. The van der Waals surface area contributed by atoms with Crippen LogP contribution in [0, 0.1) is 0 Å². The Kier molecular flexibility index (Phi) is 5.31. The van der Waals surface area contributed by atoms with Crippen LogP contribution in [0.4, 0.5) is 5.69 Å². The number of carbonyl (C=O) groups excluding carboxylic acids is 1. The number of hydrogen-bond acceptors (Lipinski definition) is 6. The Balaban J connectivity index is 2.79. The molecule has 0 aliphatic rings. The van der Waals surface area contributed by atoms with Gasteiger partial charge in [-0.15, -0.1) is 0 Å². The maximum atomic E-state index is 11.5. The fourth-order valence-corrected chi connectivity index (χ4v) is 2.05. The number of sulfone groups is 1. The molecule has 6 nitrogen and oxygen atoms in total. The van der Waals surface area contributed by atoms with Crippen LogP contribution in [0.5, 0.6) is 0 Å². The highest BCUT2D eigenvalue weighted by molar-refractivity contribution is 7.90. The smallest absolute Gasteiger partial charge is 0.330 e. The van der Waals surface area contributed by atoms with Crippen molar-refractivity contribution >= 4 is 21.5 Å². The molecular weight excluding hydrogens is 270 g/mol. The predicted octanol–water partition coefficient (Wildman–Crippen LogP) is 0.426. The Hall–Kier alpha value is -1.60. The third-order valence-electron chi connectivity index (χ3n) is 2.38. The minimum atomic E-state index is -3.25. The molecule has 0 radical (unpaired) electrons. The van der Waals surface area contributed by atoms with Crippen LogP contribution in [0.2, 0.25) is 0 Å². The molecule has 0 aromatic heterocycles. The number of esters is 1. The predicted molar refractivity (Wildman–Crippen MR) is 70.7 cm³/mol. The molecule has 106 valence electrons. The highest BCUT2D eigenvalue weighted by Crippen LogP contribution is 2.14. The number of carbonyl (C=O) groups is 1. The molecule has 1 aromatic rings. The average Bonchev–Trinajstić information content (AvgIpc) is 2.35. The third kappa shape index (κ3) is 4.53. The van der Waals surface area contributed by atoms with Crippen molar-refractivity contribution in [1.29, 1.82) is 0 Å². The van der Waals surface area contributed by atoms with Crippen LogP contribution in [0.15, 0.2) is 29.2 Å². The maximum absolute atomic E-state index is 11.5. The van der Waals surface area contributed by atoms with Crippen molar-refractivity contribution in [1.82, 2.24) is 0 Å². The zero-order chi connectivity index (χ0) is 14.5. The molecule has 0 saturated heterocycles. The largest absolute Gasteiger partial charge is 0.464 e. The van der Waals surface area contributed by atoms with E-state index >= 15 is 0 Å². The lowest BCUT2D eigenvalue weighted by Gasteiger charge is -2.16. The second-order valence-electron chi connectivity index (χ2n) is 3.93. The number of rotatable bonds is 6. The van der Waals surface area contributed by atoms with E-state index in [-0.39, 0.29) is 11.5 Å². The van der Waals surface area contributed by atoms with E-state index in [9.17, 15) is 13.2 Å². The molecule has 0 saturated carbocycles. The number of aliphatic hydroxyl groups excluding tert-OH is 1. The first-order chi connectivity index (χ1) is 8.88. The van der Waals surface area contributed by atoms with E-state index in [4.69, 9.17) is 9.84 Å². The van der Waals surface area contributed by atoms with Crippen LogP contribution < -0.4 is 5.32 Å². The number of anilines is 1. The first-order valence-corrected chi connectivity index (χ1v) is 7.61. The van der Waals surface area contributed by atoms with Gasteiger partial charge in [-0.1, -0.05) is 0 Å². The van der Waals surface area contributed by atoms with Gasteiger partial charge < -0.3 is 15.2 Å². The maximum Gasteiger partial charge on any atom is 0.330 e. The average molecular weight is 287 g/mol. The summed E-state index contributed by atoms with van der Waals surface area (Å²) in [4.78, 5) is 11.7. The van der Waals surface area contributed by atoms with Gasteiger partial charge in [-0.25, -0.2) is 13.2 Å². The zero-order valence-corrected chi connectivity index (χ0v) is 11.6. The van der Waals surface area contributed by atoms with Gasteiger partial charge in [0, 0.05) is 11.9 Å². The standard InChI is InChI=1S/C12H17NO5S/c1-3-18-12(15)11(8-14)13-9-4-6-10(7-5-9)19(2,16)17/h4-7,11,13-14H,3,8H2,1-2H3/t11-/m0/s1. The SMILES string of the molecule is CCOC(=O)[C@H](CO)Nc1ccc(S(C)(=O)=O)cc1. The molecule has 0 fully saturated rings. The van der Waals surface area contributed by atoms with Crippen molar-refractivity contribution in [3.8, 4) is 0 Å². The summed E-state index contributed by atoms with van der Waals surface area (Å²) >= 11 is 0. The monoisotopic (exact) mass is 287 g/mol. The van der Waals surface area contributed by atoms with E-state index in [1.54, 1.807) is 6.92 Å². The molecule has 0 aliphatic carbocycles. The second kappa shape index (κ2) is 6.53. The summed E-state index contributed by atoms with van der Waals surface area (Å²) in [5.41, 5.74) is 0.527. The molecular formula is C12H17NO5S. The van der Waals surface area contributed by atoms with Crippen molar-refractivity contribution < 1.29 is 23.1 Å². The summed E-state index contributed by atoms with van der Waals surface area (Å²) in [5.74, 6) is -0.558. The molecule has 2 N–H and O–H groups in total. The van der Waals surface area contributed by atoms with Crippen molar-refractivity contribution in [2.24, 2.45) is 0 Å². The van der Waals surface area contributed by atoms with Gasteiger partial charge in [0.15, 0.2) is 9.84 Å². The van der Waals surface area contributed by atoms with Crippen LogP contribution in [-0.2, 0) is 19.4 Å². The van der Waals surface area contributed by atoms with Gasteiger partial charge in [0.25, 0.3) is 0 Å². The van der Waals surface area contributed by atoms with E-state index in [0.29, 0.717) is 5.69 Å². The van der Waals surface area contributed by atoms with Crippen molar-refractivity contribution in [3.63, 3.8) is 0 Å². The van der Waals surface area contributed by atoms with E-state index in [0.717, 1.165) is 6.26 Å². The number of nitrogens with one attached hydrogen (secondary N) is 1. The molecule has 0 heterocycles. The van der Waals surface area contributed by atoms with Crippen LogP contribution in [-0.4, -0.2) is 45.0 Å². The Morgan fingerprint density at radius 3 is 2.37 bits per heavy atom. The Morgan fingerprint density at radius 1 is 1.37 bits per heavy atom. The van der Waals surface area contributed by atoms with E-state index in [1.165, 1.54) is 24.3 Å². The molecule has 0 bridgehead atoms. The van der Waals surface area contributed by atoms with Crippen molar-refractivity contribution in [2.45, 2.75) is 17.9 Å². The van der Waals surface area contributed by atoms with E-state index in [1.807, 2.05) is 0 Å². The summed E-state index contributed by atoms with van der Waals surface area (Å²) in [6, 6.07) is 5.04. The topological polar surface area (TPSA) is 92.7 Å². The minimum Gasteiger partial charge on any atom is -0.464 e. The third-order valence-corrected chi connectivity index (χ3v) is 3.51. The van der Waals surface area contributed by atoms with Gasteiger partial charge >= 0.3 is 5.97 Å². The molecule has 1 atom stereocenters. The number of aliphatic hydroxyl groups is 1. The van der Waals surface area contributed by atoms with Gasteiger partial charge in [-0.05, 0) is 31.2 Å². The summed E-state index contributed by atoms with van der Waals surface area (Å²) in [7, 11) is -3.25. The normalized spacial score (nSPS) is 12.8. The Labute approximate surface area is 112 Å². The Bertz CT molecular complexity index is 524. The highest BCUT2D eigenvalue weighted by Gasteiger charge is 2.18. The van der Waals surface area contributed by atoms with Gasteiger partial charge in [0.2, 0.25) is 0 Å². The number of benzene rings is 1. The quantitative estimate of drug-likeness (QED) is 0.737. The number of hydrogen-bond donors (Lipinski definition) is 2. The molecule has 0 spiro atoms. The van der Waals surface area contributed by atoms with Crippen LogP contribution in [0.25, 0.3) is 0 Å². The van der Waals surface area contributed by atoms with E-state index in [2.05, 4.69) is 5.32 Å². The highest BCUT2D eigenvalue weighted by atomic mass is 32.2. The zero-order valence-electron chi connectivity index (χ0n) is 10.8. The fourth-order valence-electron chi connectivity index (χ4n) is 1.42. The van der Waals surface area contributed by atoms with Crippen molar-refractivity contribution in [3.05, 3.63) is 24.3 Å². The van der Waals surface area contributed by atoms with Crippen LogP contribution in [0.1, 0.15) is 6.92 Å². The summed E-state index contributed by atoms with van der Waals surface area (Å²) < 4.78 is 27.4. The van der Waals surface area contributed by atoms with Gasteiger partial charge in [-0.2, -0.15) is 0 Å². The summed E-state index contributed by atoms with van der Waals surface area (Å²) in [6.07, 6.45) is 1.12. The van der Waals surface area contributed by atoms with Gasteiger partial charge in [0.1, 0.15) is 6.04 Å².